The predicted molar refractivity (Wildman–Crippen MR) is 93.8 cm³/mol. The molecular weight excluding hydrogens is 318 g/mol. The van der Waals surface area contributed by atoms with E-state index >= 15 is 0 Å². The van der Waals surface area contributed by atoms with Crippen LogP contribution in [0.4, 0.5) is 0 Å². The maximum absolute atomic E-state index is 12.7. The minimum absolute atomic E-state index is 0.00226. The van der Waals surface area contributed by atoms with Crippen LogP contribution >= 0.6 is 0 Å². The van der Waals surface area contributed by atoms with Crippen LogP contribution in [0, 0.1) is 13.8 Å². The number of piperidine rings is 1. The summed E-state index contributed by atoms with van der Waals surface area (Å²) in [4.78, 5) is 17.8. The van der Waals surface area contributed by atoms with Crippen LogP contribution in [0.3, 0.4) is 0 Å². The number of H-pyrrole nitrogens is 1. The number of benzene rings is 1. The number of carbonyl (C=O) groups is 1. The van der Waals surface area contributed by atoms with E-state index < -0.39 is 0 Å². The van der Waals surface area contributed by atoms with Gasteiger partial charge in [0.2, 0.25) is 0 Å². The molecule has 0 aliphatic carbocycles. The van der Waals surface area contributed by atoms with E-state index in [2.05, 4.69) is 10.1 Å². The zero-order valence-corrected chi connectivity index (χ0v) is 14.4. The van der Waals surface area contributed by atoms with E-state index in [-0.39, 0.29) is 12.0 Å². The lowest BCUT2D eigenvalue weighted by Gasteiger charge is -2.32. The standard InChI is InChI=1S/C19H21N3O3/c1-12-18(13(2)25-21-12)19(23)22-10-7-14(8-11-22)24-17-5-3-4-16-15(17)6-9-20-16/h3-6,9,14,20H,7-8,10-11H2,1-2H3. The minimum atomic E-state index is 0.00226. The van der Waals surface area contributed by atoms with Crippen molar-refractivity contribution < 1.29 is 14.1 Å². The van der Waals surface area contributed by atoms with Gasteiger partial charge in [-0.3, -0.25) is 4.79 Å². The molecule has 6 heteroatoms. The van der Waals surface area contributed by atoms with Crippen LogP contribution in [0.15, 0.2) is 35.0 Å². The molecule has 0 saturated carbocycles. The van der Waals surface area contributed by atoms with E-state index in [1.165, 1.54) is 0 Å². The lowest BCUT2D eigenvalue weighted by atomic mass is 10.1. The molecule has 1 fully saturated rings. The quantitative estimate of drug-likeness (QED) is 0.793. The molecule has 1 N–H and O–H groups in total. The van der Waals surface area contributed by atoms with Crippen molar-refractivity contribution in [1.82, 2.24) is 15.0 Å². The summed E-state index contributed by atoms with van der Waals surface area (Å²) in [5.41, 5.74) is 2.32. The zero-order chi connectivity index (χ0) is 17.4. The van der Waals surface area contributed by atoms with Gasteiger partial charge in [-0.2, -0.15) is 0 Å². The highest BCUT2D eigenvalue weighted by molar-refractivity contribution is 5.96. The van der Waals surface area contributed by atoms with E-state index in [1.54, 1.807) is 13.8 Å². The second-order valence-corrected chi connectivity index (χ2v) is 6.50. The Morgan fingerprint density at radius 2 is 2.08 bits per heavy atom. The molecule has 130 valence electrons. The molecule has 0 bridgehead atoms. The molecule has 1 amide bonds. The van der Waals surface area contributed by atoms with Crippen molar-refractivity contribution in [3.05, 3.63) is 47.5 Å². The normalized spacial score (nSPS) is 15.7. The van der Waals surface area contributed by atoms with Gasteiger partial charge in [-0.15, -0.1) is 0 Å². The first-order valence-corrected chi connectivity index (χ1v) is 8.58. The smallest absolute Gasteiger partial charge is 0.259 e. The molecule has 1 aliphatic heterocycles. The first-order valence-electron chi connectivity index (χ1n) is 8.58. The molecular formula is C19H21N3O3. The summed E-state index contributed by atoms with van der Waals surface area (Å²) in [6.45, 7) is 4.94. The summed E-state index contributed by atoms with van der Waals surface area (Å²) in [6, 6.07) is 8.05. The van der Waals surface area contributed by atoms with Crippen LogP contribution in [0.1, 0.15) is 34.7 Å². The number of likely N-dealkylation sites (tertiary alicyclic amines) is 1. The Hall–Kier alpha value is -2.76. The van der Waals surface area contributed by atoms with Gasteiger partial charge in [-0.25, -0.2) is 0 Å². The molecule has 1 aliphatic rings. The fourth-order valence-electron chi connectivity index (χ4n) is 3.46. The number of nitrogens with one attached hydrogen (secondary N) is 1. The van der Waals surface area contributed by atoms with Crippen LogP contribution in [-0.4, -0.2) is 40.1 Å². The fourth-order valence-corrected chi connectivity index (χ4v) is 3.46. The number of aromatic nitrogens is 2. The maximum atomic E-state index is 12.7. The van der Waals surface area contributed by atoms with Crippen LogP contribution in [-0.2, 0) is 0 Å². The van der Waals surface area contributed by atoms with Crippen molar-refractivity contribution >= 4 is 16.8 Å². The number of aryl methyl sites for hydroxylation is 2. The van der Waals surface area contributed by atoms with Gasteiger partial charge >= 0.3 is 0 Å². The maximum Gasteiger partial charge on any atom is 0.259 e. The Bertz CT molecular complexity index is 884. The van der Waals surface area contributed by atoms with Crippen molar-refractivity contribution in [3.63, 3.8) is 0 Å². The molecule has 6 nitrogen and oxygen atoms in total. The van der Waals surface area contributed by atoms with Gasteiger partial charge < -0.3 is 19.1 Å². The zero-order valence-electron chi connectivity index (χ0n) is 14.4. The number of hydrogen-bond donors (Lipinski definition) is 1. The summed E-state index contributed by atoms with van der Waals surface area (Å²) in [7, 11) is 0. The number of ether oxygens (including phenoxy) is 1. The van der Waals surface area contributed by atoms with E-state index in [1.807, 2.05) is 35.4 Å². The topological polar surface area (TPSA) is 71.4 Å². The van der Waals surface area contributed by atoms with Crippen molar-refractivity contribution in [2.45, 2.75) is 32.8 Å². The van der Waals surface area contributed by atoms with Gasteiger partial charge in [-0.1, -0.05) is 11.2 Å². The first-order chi connectivity index (χ1) is 12.1. The van der Waals surface area contributed by atoms with Gasteiger partial charge in [-0.05, 0) is 32.0 Å². The second-order valence-electron chi connectivity index (χ2n) is 6.50. The Balaban J connectivity index is 1.42. The summed E-state index contributed by atoms with van der Waals surface area (Å²) < 4.78 is 11.3. The number of carbonyl (C=O) groups excluding carboxylic acids is 1. The van der Waals surface area contributed by atoms with Gasteiger partial charge in [0.25, 0.3) is 5.91 Å². The molecule has 0 spiro atoms. The Morgan fingerprint density at radius 3 is 2.80 bits per heavy atom. The summed E-state index contributed by atoms with van der Waals surface area (Å²) in [6.07, 6.45) is 3.67. The number of hydrogen-bond acceptors (Lipinski definition) is 4. The number of amides is 1. The molecule has 0 atom stereocenters. The van der Waals surface area contributed by atoms with E-state index in [0.717, 1.165) is 29.5 Å². The van der Waals surface area contributed by atoms with E-state index in [0.29, 0.717) is 30.1 Å². The highest BCUT2D eigenvalue weighted by Gasteiger charge is 2.28. The molecule has 25 heavy (non-hydrogen) atoms. The fraction of sp³-hybridized carbons (Fsp3) is 0.368. The molecule has 3 aromatic rings. The lowest BCUT2D eigenvalue weighted by Crippen LogP contribution is -2.42. The average molecular weight is 339 g/mol. The summed E-state index contributed by atoms with van der Waals surface area (Å²) >= 11 is 0. The van der Waals surface area contributed by atoms with Crippen molar-refractivity contribution in [2.24, 2.45) is 0 Å². The number of rotatable bonds is 3. The number of fused-ring (bicyclic) bond motifs is 1. The summed E-state index contributed by atoms with van der Waals surface area (Å²) in [5, 5.41) is 4.97. The highest BCUT2D eigenvalue weighted by atomic mass is 16.5. The Labute approximate surface area is 145 Å². The third-order valence-electron chi connectivity index (χ3n) is 4.83. The van der Waals surface area contributed by atoms with Crippen LogP contribution in [0.25, 0.3) is 10.9 Å². The highest BCUT2D eigenvalue weighted by Crippen LogP contribution is 2.28. The molecule has 4 rings (SSSR count). The van der Waals surface area contributed by atoms with Gasteiger partial charge in [0.15, 0.2) is 0 Å². The molecule has 2 aromatic heterocycles. The first kappa shape index (κ1) is 15.7. The average Bonchev–Trinajstić information content (AvgIpc) is 3.22. The van der Waals surface area contributed by atoms with Gasteiger partial charge in [0, 0.05) is 43.0 Å². The molecule has 0 unspecified atom stereocenters. The lowest BCUT2D eigenvalue weighted by molar-refractivity contribution is 0.0596. The molecule has 3 heterocycles. The van der Waals surface area contributed by atoms with E-state index in [9.17, 15) is 4.79 Å². The van der Waals surface area contributed by atoms with Crippen molar-refractivity contribution in [3.8, 4) is 5.75 Å². The third kappa shape index (κ3) is 2.88. The van der Waals surface area contributed by atoms with Gasteiger partial charge in [0.05, 0.1) is 5.69 Å². The van der Waals surface area contributed by atoms with E-state index in [4.69, 9.17) is 9.26 Å². The predicted octanol–water partition coefficient (Wildman–Crippen LogP) is 3.46. The largest absolute Gasteiger partial charge is 0.490 e. The molecule has 1 aromatic carbocycles. The van der Waals surface area contributed by atoms with Crippen LogP contribution < -0.4 is 4.74 Å². The van der Waals surface area contributed by atoms with Crippen LogP contribution in [0.5, 0.6) is 5.75 Å². The van der Waals surface area contributed by atoms with Gasteiger partial charge in [0.1, 0.15) is 23.2 Å². The summed E-state index contributed by atoms with van der Waals surface area (Å²) in [5.74, 6) is 1.48. The molecule has 1 saturated heterocycles. The number of nitrogens with zero attached hydrogens (tertiary/aromatic N) is 2. The minimum Gasteiger partial charge on any atom is -0.490 e. The third-order valence-corrected chi connectivity index (χ3v) is 4.83. The monoisotopic (exact) mass is 339 g/mol. The van der Waals surface area contributed by atoms with Crippen molar-refractivity contribution in [2.75, 3.05) is 13.1 Å². The van der Waals surface area contributed by atoms with Crippen LogP contribution in [0.2, 0.25) is 0 Å². The molecule has 0 radical (unpaired) electrons. The Morgan fingerprint density at radius 1 is 1.28 bits per heavy atom. The van der Waals surface area contributed by atoms with Crippen molar-refractivity contribution in [1.29, 1.82) is 0 Å². The second kappa shape index (κ2) is 6.27. The SMILES string of the molecule is Cc1noc(C)c1C(=O)N1CCC(Oc2cccc3[nH]ccc23)CC1. The number of aromatic amines is 1. The Kier molecular flexibility index (Phi) is 3.95.